The topological polar surface area (TPSA) is 47.9 Å². The first-order chi connectivity index (χ1) is 20.3. The van der Waals surface area contributed by atoms with Gasteiger partial charge in [-0.2, -0.15) is 0 Å². The lowest BCUT2D eigenvalue weighted by molar-refractivity contribution is -0.235. The van der Waals surface area contributed by atoms with Crippen LogP contribution in [0.25, 0.3) is 0 Å². The molecule has 1 aliphatic heterocycles. The zero-order valence-corrected chi connectivity index (χ0v) is 25.5. The van der Waals surface area contributed by atoms with Crippen molar-refractivity contribution in [3.05, 3.63) is 136 Å². The van der Waals surface area contributed by atoms with E-state index < -0.39 is 0 Å². The molecule has 220 valence electrons. The number of aryl methyl sites for hydroxylation is 3. The molecule has 1 heterocycles. The van der Waals surface area contributed by atoms with Crippen molar-refractivity contribution < 1.29 is 19.3 Å². The Morgan fingerprint density at radius 1 is 0.690 bits per heavy atom. The first-order valence-corrected chi connectivity index (χ1v) is 15.2. The molecule has 5 rings (SSSR count). The Kier molecular flexibility index (Phi) is 9.79. The first kappa shape index (κ1) is 30.0. The summed E-state index contributed by atoms with van der Waals surface area (Å²) in [5, 5.41) is 9.94. The smallest absolute Gasteiger partial charge is 0.115 e. The normalized spacial score (nSPS) is 22.3. The standard InChI is InChI=1S/C38H44O4/c1-6-35-28(5)36(40-23-29-13-9-7-10-14-29)38(41-24-30-15-11-8-12-16-30)37(42-35)34-22-32(25(2)19-27(34)4)21-31-17-18-33(39)20-26(31)3/h7-20,22,28,35-39H,6,21,23-24H2,1-5H3/t28-,35-,36+,37+,38-/m1/s1. The third kappa shape index (κ3) is 6.95. The van der Waals surface area contributed by atoms with Crippen LogP contribution in [0.2, 0.25) is 0 Å². The van der Waals surface area contributed by atoms with Gasteiger partial charge in [0.05, 0.1) is 25.4 Å². The zero-order chi connectivity index (χ0) is 29.6. The Hall–Kier alpha value is -3.44. The van der Waals surface area contributed by atoms with Gasteiger partial charge in [0.2, 0.25) is 0 Å². The summed E-state index contributed by atoms with van der Waals surface area (Å²) in [7, 11) is 0. The van der Waals surface area contributed by atoms with Crippen molar-refractivity contribution in [2.24, 2.45) is 5.92 Å². The lowest BCUT2D eigenvalue weighted by atomic mass is 9.82. The van der Waals surface area contributed by atoms with E-state index in [0.29, 0.717) is 19.0 Å². The van der Waals surface area contributed by atoms with Gasteiger partial charge in [-0.3, -0.25) is 0 Å². The molecular formula is C38H44O4. The molecule has 42 heavy (non-hydrogen) atoms. The van der Waals surface area contributed by atoms with E-state index in [1.54, 1.807) is 6.07 Å². The molecule has 0 saturated carbocycles. The van der Waals surface area contributed by atoms with E-state index in [4.69, 9.17) is 14.2 Å². The molecule has 0 amide bonds. The second kappa shape index (κ2) is 13.7. The van der Waals surface area contributed by atoms with Crippen molar-refractivity contribution >= 4 is 0 Å². The number of hydrogen-bond donors (Lipinski definition) is 1. The number of ether oxygens (including phenoxy) is 3. The molecule has 0 aliphatic carbocycles. The van der Waals surface area contributed by atoms with Crippen molar-refractivity contribution in [1.82, 2.24) is 0 Å². The third-order valence-electron chi connectivity index (χ3n) is 8.76. The molecule has 1 N–H and O–H groups in total. The summed E-state index contributed by atoms with van der Waals surface area (Å²) in [6.45, 7) is 11.9. The van der Waals surface area contributed by atoms with Crippen LogP contribution >= 0.6 is 0 Å². The fourth-order valence-corrected chi connectivity index (χ4v) is 6.25. The molecule has 0 radical (unpaired) electrons. The third-order valence-corrected chi connectivity index (χ3v) is 8.76. The predicted octanol–water partition coefficient (Wildman–Crippen LogP) is 8.57. The van der Waals surface area contributed by atoms with Gasteiger partial charge < -0.3 is 19.3 Å². The van der Waals surface area contributed by atoms with Crippen LogP contribution in [0.3, 0.4) is 0 Å². The molecule has 4 aromatic carbocycles. The highest BCUT2D eigenvalue weighted by Crippen LogP contribution is 2.42. The fraction of sp³-hybridized carbons (Fsp3) is 0.368. The summed E-state index contributed by atoms with van der Waals surface area (Å²) in [4.78, 5) is 0. The van der Waals surface area contributed by atoms with Gasteiger partial charge in [-0.15, -0.1) is 0 Å². The highest BCUT2D eigenvalue weighted by atomic mass is 16.6. The summed E-state index contributed by atoms with van der Waals surface area (Å²) in [5.41, 5.74) is 9.43. The molecule has 0 aromatic heterocycles. The number of hydrogen-bond acceptors (Lipinski definition) is 4. The second-order valence-corrected chi connectivity index (χ2v) is 11.8. The Balaban J connectivity index is 1.51. The van der Waals surface area contributed by atoms with E-state index in [-0.39, 0.29) is 30.3 Å². The van der Waals surface area contributed by atoms with Gasteiger partial charge in [-0.1, -0.05) is 92.7 Å². The predicted molar refractivity (Wildman–Crippen MR) is 169 cm³/mol. The van der Waals surface area contributed by atoms with Gasteiger partial charge in [0.15, 0.2) is 0 Å². The Labute approximate surface area is 251 Å². The molecule has 1 aliphatic rings. The van der Waals surface area contributed by atoms with E-state index in [1.165, 1.54) is 22.3 Å². The number of aromatic hydroxyl groups is 1. The largest absolute Gasteiger partial charge is 0.508 e. The van der Waals surface area contributed by atoms with E-state index >= 15 is 0 Å². The molecule has 0 bridgehead atoms. The molecule has 1 fully saturated rings. The van der Waals surface area contributed by atoms with Crippen LogP contribution in [0.15, 0.2) is 91.0 Å². The number of phenols is 1. The maximum Gasteiger partial charge on any atom is 0.115 e. The van der Waals surface area contributed by atoms with E-state index in [9.17, 15) is 5.11 Å². The van der Waals surface area contributed by atoms with Crippen LogP contribution < -0.4 is 0 Å². The zero-order valence-electron chi connectivity index (χ0n) is 25.5. The van der Waals surface area contributed by atoms with Crippen molar-refractivity contribution in [3.8, 4) is 5.75 Å². The Morgan fingerprint density at radius 2 is 1.29 bits per heavy atom. The average Bonchev–Trinajstić information content (AvgIpc) is 2.99. The van der Waals surface area contributed by atoms with Crippen molar-refractivity contribution in [3.63, 3.8) is 0 Å². The summed E-state index contributed by atoms with van der Waals surface area (Å²) < 4.78 is 20.5. The fourth-order valence-electron chi connectivity index (χ4n) is 6.25. The van der Waals surface area contributed by atoms with Crippen LogP contribution in [0, 0.1) is 26.7 Å². The van der Waals surface area contributed by atoms with E-state index in [1.807, 2.05) is 36.4 Å². The van der Waals surface area contributed by atoms with Crippen LogP contribution in [-0.2, 0) is 33.8 Å². The summed E-state index contributed by atoms with van der Waals surface area (Å²) in [6, 6.07) is 30.9. The molecule has 4 aromatic rings. The van der Waals surface area contributed by atoms with Crippen LogP contribution in [-0.4, -0.2) is 23.4 Å². The quantitative estimate of drug-likeness (QED) is 0.210. The monoisotopic (exact) mass is 564 g/mol. The van der Waals surface area contributed by atoms with Gasteiger partial charge >= 0.3 is 0 Å². The molecule has 1 saturated heterocycles. The van der Waals surface area contributed by atoms with Gasteiger partial charge in [0.25, 0.3) is 0 Å². The molecular weight excluding hydrogens is 520 g/mol. The van der Waals surface area contributed by atoms with Gasteiger partial charge in [0, 0.05) is 5.92 Å². The summed E-state index contributed by atoms with van der Waals surface area (Å²) >= 11 is 0. The molecule has 4 nitrogen and oxygen atoms in total. The molecule has 4 heteroatoms. The minimum Gasteiger partial charge on any atom is -0.508 e. The van der Waals surface area contributed by atoms with Crippen LogP contribution in [0.5, 0.6) is 5.75 Å². The highest BCUT2D eigenvalue weighted by molar-refractivity contribution is 5.44. The maximum atomic E-state index is 9.94. The Bertz CT molecular complexity index is 1450. The van der Waals surface area contributed by atoms with Crippen molar-refractivity contribution in [2.75, 3.05) is 0 Å². The van der Waals surface area contributed by atoms with Gasteiger partial charge in [0.1, 0.15) is 18.0 Å². The number of benzene rings is 4. The van der Waals surface area contributed by atoms with Gasteiger partial charge in [-0.25, -0.2) is 0 Å². The SMILES string of the molecule is CC[C@H]1O[C@@H](c2cc(Cc3ccc(O)cc3C)c(C)cc2C)[C@H](OCc2ccccc2)[C@@H](OCc2ccccc2)[C@@H]1C. The van der Waals surface area contributed by atoms with Crippen LogP contribution in [0.4, 0.5) is 0 Å². The van der Waals surface area contributed by atoms with E-state index in [2.05, 4.69) is 83.1 Å². The van der Waals surface area contributed by atoms with Crippen LogP contribution in [0.1, 0.15) is 70.9 Å². The minimum absolute atomic E-state index is 0.0517. The second-order valence-electron chi connectivity index (χ2n) is 11.8. The molecule has 0 unspecified atom stereocenters. The average molecular weight is 565 g/mol. The number of phenolic OH excluding ortho intramolecular Hbond substituents is 1. The Morgan fingerprint density at radius 3 is 1.88 bits per heavy atom. The highest BCUT2D eigenvalue weighted by Gasteiger charge is 2.45. The van der Waals surface area contributed by atoms with Crippen molar-refractivity contribution in [2.45, 2.75) is 85.1 Å². The summed E-state index contributed by atoms with van der Waals surface area (Å²) in [6.07, 6.45) is 1.05. The van der Waals surface area contributed by atoms with Gasteiger partial charge in [-0.05, 0) is 90.3 Å². The molecule has 0 spiro atoms. The first-order valence-electron chi connectivity index (χ1n) is 15.2. The lowest BCUT2D eigenvalue weighted by Crippen LogP contribution is -2.52. The summed E-state index contributed by atoms with van der Waals surface area (Å²) in [5.74, 6) is 0.466. The lowest BCUT2D eigenvalue weighted by Gasteiger charge is -2.46. The maximum absolute atomic E-state index is 9.94. The molecule has 5 atom stereocenters. The van der Waals surface area contributed by atoms with E-state index in [0.717, 1.165) is 35.1 Å². The minimum atomic E-state index is -0.281. The van der Waals surface area contributed by atoms with Crippen molar-refractivity contribution in [1.29, 1.82) is 0 Å². The number of rotatable bonds is 10.